The monoisotopic (exact) mass is 840 g/mol. The van der Waals surface area contributed by atoms with Crippen LogP contribution in [-0.2, 0) is 32.1 Å². The lowest BCUT2D eigenvalue weighted by Crippen LogP contribution is -2.30. The summed E-state index contributed by atoms with van der Waals surface area (Å²) in [5.41, 5.74) is 11.6. The van der Waals surface area contributed by atoms with Crippen LogP contribution >= 0.6 is 0 Å². The first-order chi connectivity index (χ1) is 29.6. The number of fused-ring (bicyclic) bond motifs is 3. The minimum absolute atomic E-state index is 0.218. The van der Waals surface area contributed by atoms with E-state index < -0.39 is 0 Å². The van der Waals surface area contributed by atoms with Crippen molar-refractivity contribution in [2.45, 2.75) is 91.1 Å². The fraction of sp³-hybridized carbons (Fsp3) is 0.444. The van der Waals surface area contributed by atoms with Crippen LogP contribution in [0.15, 0.2) is 120 Å². The molecule has 1 aliphatic carbocycles. The number of pyridine rings is 1. The zero-order valence-corrected chi connectivity index (χ0v) is 39.4. The van der Waals surface area contributed by atoms with E-state index in [0.29, 0.717) is 13.2 Å². The summed E-state index contributed by atoms with van der Waals surface area (Å²) in [6.07, 6.45) is 14.9. The van der Waals surface area contributed by atoms with Gasteiger partial charge < -0.3 is 28.6 Å². The van der Waals surface area contributed by atoms with Gasteiger partial charge in [0.05, 0.1) is 31.6 Å². The van der Waals surface area contributed by atoms with Gasteiger partial charge in [-0.25, -0.2) is 4.57 Å². The summed E-state index contributed by atoms with van der Waals surface area (Å²) in [4.78, 5) is 2.47. The third-order valence-corrected chi connectivity index (χ3v) is 13.2. The maximum Gasteiger partial charge on any atom is 0.212 e. The van der Waals surface area contributed by atoms with Gasteiger partial charge in [0.25, 0.3) is 0 Å². The Morgan fingerprint density at radius 3 is 2.18 bits per heavy atom. The maximum atomic E-state index is 7.59. The summed E-state index contributed by atoms with van der Waals surface area (Å²) in [5, 5.41) is 1.21. The van der Waals surface area contributed by atoms with Gasteiger partial charge in [-0.3, -0.25) is 0 Å². The molecule has 0 fully saturated rings. The number of nitrogens with zero attached hydrogens (tertiary/aromatic N) is 3. The number of aromatic nitrogens is 1. The van der Waals surface area contributed by atoms with Gasteiger partial charge in [0.15, 0.2) is 18.5 Å². The smallest absolute Gasteiger partial charge is 0.212 e. The topological polar surface area (TPSA) is 56.3 Å². The van der Waals surface area contributed by atoms with Crippen LogP contribution in [0.4, 0.5) is 11.4 Å². The summed E-state index contributed by atoms with van der Waals surface area (Å²) in [6.45, 7) is 19.3. The van der Waals surface area contributed by atoms with Gasteiger partial charge in [-0.1, -0.05) is 52.8 Å². The number of para-hydroxylation sites is 1. The van der Waals surface area contributed by atoms with Crippen LogP contribution in [0.1, 0.15) is 96.9 Å². The number of allylic oxidation sites excluding steroid dienone is 7. The standard InChI is InChI=1S/C54H69N3O5/c1-52(2,3)51(42-29-32-55(8)45-18-14-13-17-41(42)45)62-50-37(21-27-48-53(4,5)43-35-39(60-11)23-25-46(43)56(48)30-15-33-58-9)19-20-38(50)22-28-49-54(6,7)44-36-40(61-12)24-26-47(44)57(49)31-16-34-59-10/h13-14,17-18,21-29,32,35-36,51H,15-16,19-20,30-31,33-34H2,1-12H3/q+2. The molecular weight excluding hydrogens is 771 g/mol. The minimum atomic E-state index is -0.249. The number of methoxy groups -OCH3 is 4. The van der Waals surface area contributed by atoms with Crippen molar-refractivity contribution < 1.29 is 32.8 Å². The highest BCUT2D eigenvalue weighted by Crippen LogP contribution is 2.50. The second-order valence-electron chi connectivity index (χ2n) is 19.1. The number of aryl methyl sites for hydroxylation is 1. The van der Waals surface area contributed by atoms with E-state index in [0.717, 1.165) is 56.0 Å². The predicted molar refractivity (Wildman–Crippen MR) is 252 cm³/mol. The van der Waals surface area contributed by atoms with Crippen LogP contribution in [-0.4, -0.2) is 65.0 Å². The molecule has 0 saturated heterocycles. The molecule has 1 aromatic heterocycles. The number of benzene rings is 3. The molecule has 62 heavy (non-hydrogen) atoms. The second kappa shape index (κ2) is 18.3. The Morgan fingerprint density at radius 1 is 0.774 bits per heavy atom. The van der Waals surface area contributed by atoms with Crippen molar-refractivity contribution in [2.75, 3.05) is 59.6 Å². The summed E-state index contributed by atoms with van der Waals surface area (Å²) in [6, 6.07) is 23.9. The number of hydrogen-bond acceptors (Lipinski definition) is 6. The molecule has 328 valence electrons. The minimum Gasteiger partial charge on any atom is -0.497 e. The molecule has 1 atom stereocenters. The number of ether oxygens (including phenoxy) is 5. The Bertz CT molecular complexity index is 2460. The molecule has 0 N–H and O–H groups in total. The van der Waals surface area contributed by atoms with Crippen LogP contribution in [0.25, 0.3) is 10.9 Å². The van der Waals surface area contributed by atoms with E-state index >= 15 is 0 Å². The first kappa shape index (κ1) is 44.9. The van der Waals surface area contributed by atoms with Crippen molar-refractivity contribution in [3.05, 3.63) is 137 Å². The van der Waals surface area contributed by atoms with Gasteiger partial charge in [0.1, 0.15) is 30.4 Å². The van der Waals surface area contributed by atoms with E-state index in [-0.39, 0.29) is 22.3 Å². The van der Waals surface area contributed by atoms with Crippen LogP contribution in [0.5, 0.6) is 11.5 Å². The highest BCUT2D eigenvalue weighted by molar-refractivity contribution is 6.03. The quantitative estimate of drug-likeness (QED) is 0.0827. The van der Waals surface area contributed by atoms with E-state index in [1.165, 1.54) is 61.5 Å². The molecule has 0 bridgehead atoms. The molecule has 3 aromatic carbocycles. The molecule has 3 aliphatic rings. The van der Waals surface area contributed by atoms with Crippen molar-refractivity contribution in [3.63, 3.8) is 0 Å². The first-order valence-corrected chi connectivity index (χ1v) is 22.3. The molecular formula is C54H69N3O5+2. The second-order valence-corrected chi connectivity index (χ2v) is 19.1. The molecule has 2 aliphatic heterocycles. The molecule has 0 spiro atoms. The van der Waals surface area contributed by atoms with Crippen molar-refractivity contribution in [3.8, 4) is 11.5 Å². The molecule has 0 radical (unpaired) electrons. The van der Waals surface area contributed by atoms with E-state index in [2.05, 4.69) is 167 Å². The Hall–Kier alpha value is -5.18. The van der Waals surface area contributed by atoms with Crippen LogP contribution in [0.2, 0.25) is 0 Å². The lowest BCUT2D eigenvalue weighted by molar-refractivity contribution is -0.645. The summed E-state index contributed by atoms with van der Waals surface area (Å²) in [7, 11) is 9.15. The van der Waals surface area contributed by atoms with Crippen molar-refractivity contribution in [2.24, 2.45) is 12.5 Å². The molecule has 7 rings (SSSR count). The van der Waals surface area contributed by atoms with Gasteiger partial charge in [-0.15, -0.1) is 0 Å². The number of hydrogen-bond donors (Lipinski definition) is 0. The lowest BCUT2D eigenvalue weighted by atomic mass is 9.81. The van der Waals surface area contributed by atoms with Crippen molar-refractivity contribution in [1.82, 2.24) is 0 Å². The zero-order valence-electron chi connectivity index (χ0n) is 39.4. The zero-order chi connectivity index (χ0) is 44.4. The Morgan fingerprint density at radius 2 is 1.47 bits per heavy atom. The molecule has 0 saturated carbocycles. The normalized spacial score (nSPS) is 18.7. The first-order valence-electron chi connectivity index (χ1n) is 22.3. The molecule has 1 unspecified atom stereocenters. The fourth-order valence-electron chi connectivity index (χ4n) is 9.75. The Balaban J connectivity index is 1.38. The van der Waals surface area contributed by atoms with E-state index in [9.17, 15) is 0 Å². The van der Waals surface area contributed by atoms with Crippen LogP contribution < -0.4 is 18.9 Å². The average Bonchev–Trinajstić information content (AvgIpc) is 3.81. The van der Waals surface area contributed by atoms with E-state index in [1.807, 2.05) is 0 Å². The lowest BCUT2D eigenvalue weighted by Gasteiger charge is -2.33. The summed E-state index contributed by atoms with van der Waals surface area (Å²) < 4.78 is 34.7. The van der Waals surface area contributed by atoms with Crippen LogP contribution in [0.3, 0.4) is 0 Å². The third-order valence-electron chi connectivity index (χ3n) is 13.2. The Labute approximate surface area is 370 Å². The number of anilines is 1. The summed E-state index contributed by atoms with van der Waals surface area (Å²) >= 11 is 0. The highest BCUT2D eigenvalue weighted by atomic mass is 16.5. The molecule has 0 amide bonds. The van der Waals surface area contributed by atoms with Gasteiger partial charge in [-0.2, -0.15) is 4.58 Å². The van der Waals surface area contributed by atoms with Crippen molar-refractivity contribution >= 4 is 28.0 Å². The van der Waals surface area contributed by atoms with Gasteiger partial charge >= 0.3 is 0 Å². The molecule has 4 aromatic rings. The highest BCUT2D eigenvalue weighted by Gasteiger charge is 2.45. The van der Waals surface area contributed by atoms with E-state index in [4.69, 9.17) is 23.7 Å². The molecule has 3 heterocycles. The maximum absolute atomic E-state index is 7.59. The Kier molecular flexibility index (Phi) is 13.2. The average molecular weight is 840 g/mol. The summed E-state index contributed by atoms with van der Waals surface area (Å²) in [5.74, 6) is 2.71. The van der Waals surface area contributed by atoms with Gasteiger partial charge in [0.2, 0.25) is 11.2 Å². The van der Waals surface area contributed by atoms with Gasteiger partial charge in [-0.05, 0) is 98.4 Å². The molecule has 8 nitrogen and oxygen atoms in total. The SMILES string of the molecule is COCCCN1/C(=C/C=C2\CCC(/C=C/C3=[N+](CCCOC)c4ccc(OC)cc4C3(C)C)=C2OC(c2cc[n+](C)c3ccccc23)C(C)(C)C)C(C)(C)c2cc(OC)ccc21. The van der Waals surface area contributed by atoms with Crippen LogP contribution in [0, 0.1) is 5.41 Å². The largest absolute Gasteiger partial charge is 0.497 e. The predicted octanol–water partition coefficient (Wildman–Crippen LogP) is 11.1. The fourth-order valence-corrected chi connectivity index (χ4v) is 9.75. The van der Waals surface area contributed by atoms with Crippen molar-refractivity contribution in [1.29, 1.82) is 0 Å². The third kappa shape index (κ3) is 8.61. The van der Waals surface area contributed by atoms with Gasteiger partial charge in [0, 0.05) is 91.4 Å². The van der Waals surface area contributed by atoms with E-state index in [1.54, 1.807) is 28.4 Å². The molecule has 8 heteroatoms. The number of rotatable bonds is 16.